The molecule has 0 spiro atoms. The lowest BCUT2D eigenvalue weighted by atomic mass is 10.0. The number of nitrogens with zero attached hydrogens (tertiary/aromatic N) is 4. The predicted octanol–water partition coefficient (Wildman–Crippen LogP) is 4.61. The van der Waals surface area contributed by atoms with Gasteiger partial charge in [-0.1, -0.05) is 48.0 Å². The van der Waals surface area contributed by atoms with Crippen LogP contribution in [-0.4, -0.2) is 164 Å². The van der Waals surface area contributed by atoms with Crippen molar-refractivity contribution in [1.82, 2.24) is 41.3 Å². The Bertz CT molecular complexity index is 2570. The summed E-state index contributed by atoms with van der Waals surface area (Å²) in [6, 6.07) is 0.664. The molecule has 24 heteroatoms. The molecule has 0 bridgehead atoms. The fourth-order valence-corrected chi connectivity index (χ4v) is 12.0. The lowest BCUT2D eigenvalue weighted by Crippen LogP contribution is -2.64. The van der Waals surface area contributed by atoms with Crippen LogP contribution in [0.1, 0.15) is 181 Å². The zero-order valence-electron chi connectivity index (χ0n) is 45.6. The number of hydrazine groups is 2. The van der Waals surface area contributed by atoms with E-state index in [4.69, 9.17) is 18.9 Å². The minimum atomic E-state index is -1.03. The number of rotatable bonds is 12. The maximum atomic E-state index is 13.8. The van der Waals surface area contributed by atoms with E-state index in [9.17, 15) is 58.2 Å². The quantitative estimate of drug-likeness (QED) is 0.158. The highest BCUT2D eigenvalue weighted by atomic mass is 16.7. The van der Waals surface area contributed by atoms with E-state index in [1.807, 2.05) is 0 Å². The van der Waals surface area contributed by atoms with E-state index in [0.29, 0.717) is 47.9 Å². The summed E-state index contributed by atoms with van der Waals surface area (Å²) in [5.74, 6) is -4.52. The summed E-state index contributed by atoms with van der Waals surface area (Å²) in [6.45, 7) is 7.27. The smallest absolute Gasteiger partial charge is 0.310 e. The predicted molar refractivity (Wildman–Crippen MR) is 299 cm³/mol. The van der Waals surface area contributed by atoms with Crippen LogP contribution in [0.15, 0.2) is 24.3 Å². The molecule has 6 heterocycles. The largest absolute Gasteiger partial charge is 0.507 e. The topological polar surface area (TPSA) is 309 Å². The molecule has 0 unspecified atom stereocenters. The van der Waals surface area contributed by atoms with Crippen molar-refractivity contribution in [2.75, 3.05) is 13.1 Å². The zero-order chi connectivity index (χ0) is 57.1. The number of aryl methyl sites for hydroxylation is 4. The molecule has 456 valence electrons. The molecule has 6 N–H and O–H groups in total. The number of phenols is 2. The molecule has 8 fully saturated rings. The lowest BCUT2D eigenvalue weighted by molar-refractivity contribution is -0.180. The number of fused-ring (bicyclic) bond motifs is 2. The molecule has 24 nitrogen and oxygen atoms in total. The molecule has 0 radical (unpaired) electrons. The highest BCUT2D eigenvalue weighted by Crippen LogP contribution is 2.32. The van der Waals surface area contributed by atoms with E-state index in [2.05, 4.69) is 21.3 Å². The van der Waals surface area contributed by atoms with Crippen LogP contribution in [0.5, 0.6) is 11.5 Å². The molecule has 8 amide bonds. The van der Waals surface area contributed by atoms with Crippen LogP contribution < -0.4 is 21.3 Å². The Balaban J connectivity index is 0.000000257. The van der Waals surface area contributed by atoms with Crippen LogP contribution in [0.4, 0.5) is 0 Å². The van der Waals surface area contributed by atoms with E-state index < -0.39 is 96.2 Å². The molecule has 0 aromatic heterocycles. The number of hydrogen-bond donors (Lipinski definition) is 6. The molecule has 6 aliphatic heterocycles. The molecular formula is C59H84N8O16. The van der Waals surface area contributed by atoms with Gasteiger partial charge < -0.3 is 50.4 Å². The minimum Gasteiger partial charge on any atom is -0.507 e. The second kappa shape index (κ2) is 27.8. The maximum Gasteiger partial charge on any atom is 0.310 e. The summed E-state index contributed by atoms with van der Waals surface area (Å²) in [4.78, 5) is 131. The highest BCUT2D eigenvalue weighted by molar-refractivity contribution is 6.01. The fraction of sp³-hybridized carbons (Fsp3) is 0.627. The molecule has 8 atom stereocenters. The molecule has 2 aliphatic carbocycles. The number of nitrogens with one attached hydrogen (secondary N) is 4. The van der Waals surface area contributed by atoms with Crippen molar-refractivity contribution in [3.05, 3.63) is 57.6 Å². The highest BCUT2D eigenvalue weighted by Gasteiger charge is 2.49. The Morgan fingerprint density at radius 2 is 0.831 bits per heavy atom. The van der Waals surface area contributed by atoms with Crippen LogP contribution in [0, 0.1) is 27.7 Å². The number of carbonyl (C=O) groups is 10. The number of hydrogen-bond acceptors (Lipinski definition) is 16. The van der Waals surface area contributed by atoms with Gasteiger partial charge in [0.2, 0.25) is 36.2 Å². The van der Waals surface area contributed by atoms with E-state index in [0.717, 1.165) is 51.4 Å². The third-order valence-electron chi connectivity index (χ3n) is 16.3. The van der Waals surface area contributed by atoms with Gasteiger partial charge in [-0.3, -0.25) is 58.0 Å². The molecule has 10 rings (SSSR count). The minimum absolute atomic E-state index is 0. The van der Waals surface area contributed by atoms with Gasteiger partial charge in [-0.25, -0.2) is 10.0 Å². The van der Waals surface area contributed by atoms with Gasteiger partial charge in [0, 0.05) is 37.1 Å². The first kappa shape index (κ1) is 64.8. The maximum absolute atomic E-state index is 13.8. The van der Waals surface area contributed by atoms with Crippen molar-refractivity contribution < 1.29 is 77.1 Å². The summed E-state index contributed by atoms with van der Waals surface area (Å²) in [5, 5.41) is 36.2. The van der Waals surface area contributed by atoms with Crippen molar-refractivity contribution in [1.29, 1.82) is 0 Å². The van der Waals surface area contributed by atoms with Gasteiger partial charge in [0.05, 0.1) is 25.0 Å². The second-order valence-electron chi connectivity index (χ2n) is 22.2. The third kappa shape index (κ3) is 14.5. The first-order valence-electron chi connectivity index (χ1n) is 28.0. The molecule has 83 heavy (non-hydrogen) atoms. The molecular weight excluding hydrogens is 1080 g/mol. The van der Waals surface area contributed by atoms with Crippen LogP contribution in [-0.2, 0) is 57.3 Å². The number of esters is 2. The molecule has 8 aliphatic rings. The van der Waals surface area contributed by atoms with Crippen LogP contribution in [0.3, 0.4) is 0 Å². The average Bonchev–Trinajstić information content (AvgIpc) is 4.50. The number of amides is 8. The van der Waals surface area contributed by atoms with Gasteiger partial charge in [-0.15, -0.1) is 0 Å². The van der Waals surface area contributed by atoms with Crippen molar-refractivity contribution in [2.45, 2.75) is 227 Å². The van der Waals surface area contributed by atoms with Crippen LogP contribution in [0.25, 0.3) is 0 Å². The zero-order valence-corrected chi connectivity index (χ0v) is 45.6. The Hall–Kier alpha value is -7.34. The summed E-state index contributed by atoms with van der Waals surface area (Å²) in [5.41, 5.74) is 2.65. The van der Waals surface area contributed by atoms with Crippen molar-refractivity contribution in [2.24, 2.45) is 0 Å². The number of phenolic OH excluding ortho intramolecular Hbond substituents is 2. The Labute approximate surface area is 484 Å². The lowest BCUT2D eigenvalue weighted by Gasteiger charge is -2.43. The van der Waals surface area contributed by atoms with E-state index in [1.165, 1.54) is 44.3 Å². The van der Waals surface area contributed by atoms with Gasteiger partial charge >= 0.3 is 11.9 Å². The first-order chi connectivity index (χ1) is 38.2. The van der Waals surface area contributed by atoms with E-state index in [1.54, 1.807) is 27.7 Å². The van der Waals surface area contributed by atoms with E-state index >= 15 is 0 Å². The number of benzene rings is 2. The van der Waals surface area contributed by atoms with Crippen molar-refractivity contribution in [3.8, 4) is 11.5 Å². The number of cyclic esters (lactones) is 2. The monoisotopic (exact) mass is 1160 g/mol. The third-order valence-corrected chi connectivity index (χ3v) is 16.3. The summed E-state index contributed by atoms with van der Waals surface area (Å²) in [6.07, 6.45) is 7.55. The van der Waals surface area contributed by atoms with Gasteiger partial charge in [-0.05, 0) is 138 Å². The standard InChI is InChI=1S/2C28H36N4O8.3CH4/c2*1-15-12-17(13-16(2)24(15)35)25(36)29-19-9-10-22(33)31-11-5-8-21(32(31)27(19)38)26(37)30-20-14-23(34)40-28(20)39-18-6-3-4-7-18;;;/h2*12-13,18-21,28,35H,3-11,14H2,1-2H3,(H,29,36)(H,30,37);3*1H4/t19-,20-,21-,28+;19-,20-,21-,28-;;;/m00.../s1. The molecule has 2 saturated carbocycles. The Kier molecular flexibility index (Phi) is 21.7. The van der Waals surface area contributed by atoms with Crippen LogP contribution >= 0.6 is 0 Å². The SMILES string of the molecule is C.C.C.Cc1cc(C(=O)N[C@H]2CCC(=O)N3CCC[C@@H](C(=O)N[C@H]4CC(=O)O[C@@H]4OC4CCCC4)N3C2=O)cc(C)c1O.Cc1cc(C(=O)N[C@H]2CCC(=O)N3CCC[C@@H](C(=O)N[C@H]4CC(=O)O[C@H]4OC4CCCC4)N3C2=O)cc(C)c1O. The second-order valence-corrected chi connectivity index (χ2v) is 22.2. The first-order valence-corrected chi connectivity index (χ1v) is 28.0. The van der Waals surface area contributed by atoms with Crippen LogP contribution in [0.2, 0.25) is 0 Å². The van der Waals surface area contributed by atoms with Gasteiger partial charge in [0.25, 0.3) is 23.6 Å². The summed E-state index contributed by atoms with van der Waals surface area (Å²) in [7, 11) is 0. The Morgan fingerprint density at radius 3 is 1.17 bits per heavy atom. The van der Waals surface area contributed by atoms with Gasteiger partial charge in [0.1, 0.15) is 47.8 Å². The number of aromatic hydroxyl groups is 2. The van der Waals surface area contributed by atoms with Gasteiger partial charge in [0.15, 0.2) is 0 Å². The average molecular weight is 1160 g/mol. The summed E-state index contributed by atoms with van der Waals surface area (Å²) >= 11 is 0. The summed E-state index contributed by atoms with van der Waals surface area (Å²) < 4.78 is 22.6. The fourth-order valence-electron chi connectivity index (χ4n) is 12.0. The number of ether oxygens (including phenoxy) is 4. The van der Waals surface area contributed by atoms with Gasteiger partial charge in [-0.2, -0.15) is 0 Å². The van der Waals surface area contributed by atoms with Crippen molar-refractivity contribution >= 4 is 59.2 Å². The van der Waals surface area contributed by atoms with Crippen molar-refractivity contribution in [3.63, 3.8) is 0 Å². The molecule has 6 saturated heterocycles. The Morgan fingerprint density at radius 1 is 0.494 bits per heavy atom. The molecule has 2 aromatic carbocycles. The van der Waals surface area contributed by atoms with E-state index in [-0.39, 0.29) is 121 Å². The normalized spacial score (nSPS) is 26.3. The number of carbonyl (C=O) groups excluding carboxylic acids is 10. The molecule has 2 aromatic rings.